The summed E-state index contributed by atoms with van der Waals surface area (Å²) in [4.78, 5) is 27.5. The maximum atomic E-state index is 12.4. The summed E-state index contributed by atoms with van der Waals surface area (Å²) in [5, 5.41) is 8.02. The van der Waals surface area contributed by atoms with Crippen molar-refractivity contribution in [3.8, 4) is 16.5 Å². The number of thiazole rings is 1. The van der Waals surface area contributed by atoms with E-state index in [2.05, 4.69) is 30.5 Å². The Morgan fingerprint density at radius 1 is 1.17 bits per heavy atom. The van der Waals surface area contributed by atoms with Gasteiger partial charge in [-0.1, -0.05) is 6.07 Å². The highest BCUT2D eigenvalue weighted by atomic mass is 32.1. The number of urea groups is 1. The van der Waals surface area contributed by atoms with E-state index in [0.717, 1.165) is 29.5 Å². The van der Waals surface area contributed by atoms with Crippen LogP contribution in [0.2, 0.25) is 0 Å². The van der Waals surface area contributed by atoms with E-state index >= 15 is 0 Å². The van der Waals surface area contributed by atoms with Crippen molar-refractivity contribution < 1.29 is 14.3 Å². The molecule has 0 aliphatic carbocycles. The van der Waals surface area contributed by atoms with Crippen molar-refractivity contribution in [2.45, 2.75) is 0 Å². The third-order valence-electron chi connectivity index (χ3n) is 4.25. The van der Waals surface area contributed by atoms with Crippen LogP contribution in [0.15, 0.2) is 41.9 Å². The van der Waals surface area contributed by atoms with E-state index in [4.69, 9.17) is 9.47 Å². The summed E-state index contributed by atoms with van der Waals surface area (Å²) >= 11 is 1.42. The Morgan fingerprint density at radius 2 is 2.00 bits per heavy atom. The summed E-state index contributed by atoms with van der Waals surface area (Å²) < 4.78 is 10.5. The quantitative estimate of drug-likeness (QED) is 0.664. The Bertz CT molecular complexity index is 989. The molecule has 2 amide bonds. The number of methoxy groups -OCH3 is 1. The summed E-state index contributed by atoms with van der Waals surface area (Å²) in [6.07, 6.45) is 1.66. The highest BCUT2D eigenvalue weighted by molar-refractivity contribution is 7.13. The molecular weight excluding hydrogens is 392 g/mol. The van der Waals surface area contributed by atoms with Gasteiger partial charge in [-0.25, -0.2) is 19.7 Å². The van der Waals surface area contributed by atoms with Crippen LogP contribution in [0.3, 0.4) is 0 Å². The average Bonchev–Trinajstić information content (AvgIpc) is 3.23. The fourth-order valence-corrected chi connectivity index (χ4v) is 3.59. The molecule has 29 heavy (non-hydrogen) atoms. The average molecular weight is 412 g/mol. The second-order valence-electron chi connectivity index (χ2n) is 6.18. The van der Waals surface area contributed by atoms with Gasteiger partial charge in [0, 0.05) is 36.3 Å². The predicted molar refractivity (Wildman–Crippen MR) is 112 cm³/mol. The van der Waals surface area contributed by atoms with Gasteiger partial charge in [-0.15, -0.1) is 11.3 Å². The Hall–Kier alpha value is -3.24. The fourth-order valence-electron chi connectivity index (χ4n) is 2.84. The van der Waals surface area contributed by atoms with Crippen LogP contribution < -0.4 is 20.3 Å². The molecule has 0 unspecified atom stereocenters. The Kier molecular flexibility index (Phi) is 5.82. The summed E-state index contributed by atoms with van der Waals surface area (Å²) in [5.74, 6) is 2.26. The standard InChI is InChI=1S/C19H20N6O3S/c1-27-17-11-13(5-6-20-17)18-22-15(12-29-18)24-19(26)23-14-3-2-4-16(21-14)25-7-9-28-10-8-25/h2-6,11-12H,7-10H2,1H3,(H2,21,23,24,26). The van der Waals surface area contributed by atoms with Gasteiger partial charge in [-0.2, -0.15) is 0 Å². The molecule has 1 aliphatic heterocycles. The number of anilines is 3. The van der Waals surface area contributed by atoms with Crippen LogP contribution in [-0.4, -0.2) is 54.4 Å². The third kappa shape index (κ3) is 4.79. The van der Waals surface area contributed by atoms with Crippen LogP contribution in [0.25, 0.3) is 10.6 Å². The lowest BCUT2D eigenvalue weighted by molar-refractivity contribution is 0.122. The van der Waals surface area contributed by atoms with Crippen LogP contribution in [-0.2, 0) is 4.74 Å². The molecule has 10 heteroatoms. The number of ether oxygens (including phenoxy) is 2. The maximum absolute atomic E-state index is 12.4. The van der Waals surface area contributed by atoms with Crippen LogP contribution in [0, 0.1) is 0 Å². The SMILES string of the molecule is COc1cc(-c2nc(NC(=O)Nc3cccc(N4CCOCC4)n3)cs2)ccn1. The van der Waals surface area contributed by atoms with E-state index in [1.165, 1.54) is 11.3 Å². The van der Waals surface area contributed by atoms with Gasteiger partial charge in [-0.3, -0.25) is 10.6 Å². The summed E-state index contributed by atoms with van der Waals surface area (Å²) in [5.41, 5.74) is 0.871. The highest BCUT2D eigenvalue weighted by Gasteiger charge is 2.14. The Balaban J connectivity index is 1.39. The number of pyridine rings is 2. The lowest BCUT2D eigenvalue weighted by Gasteiger charge is -2.27. The first-order chi connectivity index (χ1) is 14.2. The number of aromatic nitrogens is 3. The topological polar surface area (TPSA) is 102 Å². The molecule has 0 aromatic carbocycles. The van der Waals surface area contributed by atoms with Crippen molar-refractivity contribution in [1.29, 1.82) is 0 Å². The maximum Gasteiger partial charge on any atom is 0.326 e. The van der Waals surface area contributed by atoms with Gasteiger partial charge in [0.25, 0.3) is 0 Å². The first kappa shape index (κ1) is 19.1. The number of hydrogen-bond donors (Lipinski definition) is 2. The first-order valence-corrected chi connectivity index (χ1v) is 9.93. The summed E-state index contributed by atoms with van der Waals surface area (Å²) in [7, 11) is 1.56. The summed E-state index contributed by atoms with van der Waals surface area (Å²) in [6, 6.07) is 8.77. The van der Waals surface area contributed by atoms with E-state index < -0.39 is 6.03 Å². The van der Waals surface area contributed by atoms with Crippen molar-refractivity contribution in [2.75, 3.05) is 48.9 Å². The third-order valence-corrected chi connectivity index (χ3v) is 5.14. The molecule has 0 radical (unpaired) electrons. The van der Waals surface area contributed by atoms with Gasteiger partial charge < -0.3 is 14.4 Å². The molecule has 150 valence electrons. The zero-order chi connectivity index (χ0) is 20.1. The molecule has 1 fully saturated rings. The molecule has 3 aromatic rings. The molecule has 0 saturated carbocycles. The number of morpholine rings is 1. The fraction of sp³-hybridized carbons (Fsp3) is 0.263. The number of amides is 2. The molecule has 4 heterocycles. The smallest absolute Gasteiger partial charge is 0.326 e. The van der Waals surface area contributed by atoms with Gasteiger partial charge in [0.05, 0.1) is 20.3 Å². The van der Waals surface area contributed by atoms with Gasteiger partial charge in [0.2, 0.25) is 5.88 Å². The van der Waals surface area contributed by atoms with Gasteiger partial charge in [0.15, 0.2) is 0 Å². The van der Waals surface area contributed by atoms with Crippen LogP contribution in [0.1, 0.15) is 0 Å². The molecule has 3 aromatic heterocycles. The molecule has 9 nitrogen and oxygen atoms in total. The minimum Gasteiger partial charge on any atom is -0.481 e. The van der Waals surface area contributed by atoms with Crippen molar-refractivity contribution in [3.05, 3.63) is 41.9 Å². The monoisotopic (exact) mass is 412 g/mol. The Morgan fingerprint density at radius 3 is 2.83 bits per heavy atom. The Labute approximate surface area is 171 Å². The lowest BCUT2D eigenvalue weighted by atomic mass is 10.3. The van der Waals surface area contributed by atoms with Crippen LogP contribution in [0.5, 0.6) is 5.88 Å². The van der Waals surface area contributed by atoms with Gasteiger partial charge in [-0.05, 0) is 18.2 Å². The lowest BCUT2D eigenvalue weighted by Crippen LogP contribution is -2.36. The van der Waals surface area contributed by atoms with E-state index in [-0.39, 0.29) is 0 Å². The number of rotatable bonds is 5. The van der Waals surface area contributed by atoms with E-state index in [0.29, 0.717) is 30.7 Å². The van der Waals surface area contributed by atoms with Gasteiger partial charge in [0.1, 0.15) is 22.5 Å². The minimum atomic E-state index is -0.402. The molecule has 2 N–H and O–H groups in total. The second-order valence-corrected chi connectivity index (χ2v) is 7.04. The number of carbonyl (C=O) groups is 1. The molecule has 0 atom stereocenters. The highest BCUT2D eigenvalue weighted by Crippen LogP contribution is 2.27. The number of nitrogens with one attached hydrogen (secondary N) is 2. The van der Waals surface area contributed by atoms with E-state index in [9.17, 15) is 4.79 Å². The minimum absolute atomic E-state index is 0.402. The zero-order valence-electron chi connectivity index (χ0n) is 15.8. The molecule has 0 bridgehead atoms. The normalized spacial score (nSPS) is 13.8. The molecule has 0 spiro atoms. The zero-order valence-corrected chi connectivity index (χ0v) is 16.6. The predicted octanol–water partition coefficient (Wildman–Crippen LogP) is 3.09. The molecule has 1 saturated heterocycles. The first-order valence-electron chi connectivity index (χ1n) is 9.05. The van der Waals surface area contributed by atoms with Crippen molar-refractivity contribution >= 4 is 34.8 Å². The molecule has 4 rings (SSSR count). The number of hydrogen-bond acceptors (Lipinski definition) is 8. The van der Waals surface area contributed by atoms with Crippen molar-refractivity contribution in [1.82, 2.24) is 15.0 Å². The molecule has 1 aliphatic rings. The molecular formula is C19H20N6O3S. The van der Waals surface area contributed by atoms with Crippen molar-refractivity contribution in [3.63, 3.8) is 0 Å². The van der Waals surface area contributed by atoms with Crippen molar-refractivity contribution in [2.24, 2.45) is 0 Å². The van der Waals surface area contributed by atoms with Crippen LogP contribution in [0.4, 0.5) is 22.2 Å². The number of carbonyl (C=O) groups excluding carboxylic acids is 1. The van der Waals surface area contributed by atoms with Gasteiger partial charge >= 0.3 is 6.03 Å². The largest absolute Gasteiger partial charge is 0.481 e. The van der Waals surface area contributed by atoms with E-state index in [1.54, 1.807) is 30.8 Å². The van der Waals surface area contributed by atoms with Crippen LogP contribution >= 0.6 is 11.3 Å². The second kappa shape index (κ2) is 8.84. The van der Waals surface area contributed by atoms with E-state index in [1.807, 2.05) is 18.2 Å². The summed E-state index contributed by atoms with van der Waals surface area (Å²) in [6.45, 7) is 2.92. The number of nitrogens with zero attached hydrogens (tertiary/aromatic N) is 4.